The summed E-state index contributed by atoms with van der Waals surface area (Å²) in [7, 11) is 0. The van der Waals surface area contributed by atoms with Crippen molar-refractivity contribution in [3.05, 3.63) is 59.2 Å². The molecule has 0 saturated heterocycles. The molecule has 0 fully saturated rings. The summed E-state index contributed by atoms with van der Waals surface area (Å²) in [5, 5.41) is 9.86. The van der Waals surface area contributed by atoms with Gasteiger partial charge in [0.25, 0.3) is 0 Å². The highest BCUT2D eigenvalue weighted by molar-refractivity contribution is 5.54. The number of phenols is 1. The summed E-state index contributed by atoms with van der Waals surface area (Å²) in [4.78, 5) is 0. The Kier molecular flexibility index (Phi) is 3.05. The van der Waals surface area contributed by atoms with Gasteiger partial charge in [0.2, 0.25) is 0 Å². The Balaban J connectivity index is 2.47. The van der Waals surface area contributed by atoms with Crippen molar-refractivity contribution in [2.45, 2.75) is 19.8 Å². The van der Waals surface area contributed by atoms with Crippen molar-refractivity contribution < 1.29 is 5.11 Å². The molecular formula is C15H17NO. The van der Waals surface area contributed by atoms with Crippen molar-refractivity contribution in [2.75, 3.05) is 5.73 Å². The number of benzene rings is 2. The van der Waals surface area contributed by atoms with Gasteiger partial charge in [-0.05, 0) is 24.6 Å². The molecule has 0 bridgehead atoms. The maximum Gasteiger partial charge on any atom is 0.119 e. The molecule has 17 heavy (non-hydrogen) atoms. The number of aromatic hydroxyl groups is 1. The van der Waals surface area contributed by atoms with E-state index >= 15 is 0 Å². The molecule has 0 aliphatic heterocycles. The minimum Gasteiger partial charge on any atom is -0.508 e. The van der Waals surface area contributed by atoms with Gasteiger partial charge in [-0.15, -0.1) is 0 Å². The Hall–Kier alpha value is -1.96. The van der Waals surface area contributed by atoms with E-state index in [9.17, 15) is 5.11 Å². The van der Waals surface area contributed by atoms with Gasteiger partial charge in [-0.25, -0.2) is 0 Å². The van der Waals surface area contributed by atoms with Crippen LogP contribution in [-0.4, -0.2) is 5.11 Å². The number of phenolic OH excluding ortho intramolecular Hbond substituents is 1. The SMILES string of the molecule is Cc1ccc(N)c(C(C)c2ccccc2O)c1. The van der Waals surface area contributed by atoms with E-state index in [-0.39, 0.29) is 5.92 Å². The summed E-state index contributed by atoms with van der Waals surface area (Å²) in [6, 6.07) is 13.4. The molecule has 2 nitrogen and oxygen atoms in total. The predicted octanol–water partition coefficient (Wildman–Crippen LogP) is 3.43. The van der Waals surface area contributed by atoms with Crippen LogP contribution in [0.4, 0.5) is 5.69 Å². The van der Waals surface area contributed by atoms with Crippen LogP contribution >= 0.6 is 0 Å². The molecule has 1 unspecified atom stereocenters. The third kappa shape index (κ3) is 2.26. The molecule has 0 saturated carbocycles. The van der Waals surface area contributed by atoms with Crippen LogP contribution in [-0.2, 0) is 0 Å². The van der Waals surface area contributed by atoms with Crippen LogP contribution in [0.1, 0.15) is 29.5 Å². The Morgan fingerprint density at radius 3 is 2.47 bits per heavy atom. The molecule has 0 amide bonds. The number of aryl methyl sites for hydroxylation is 1. The minimum atomic E-state index is 0.0936. The molecule has 2 heteroatoms. The number of hydrogen-bond donors (Lipinski definition) is 2. The van der Waals surface area contributed by atoms with E-state index in [4.69, 9.17) is 5.73 Å². The fourth-order valence-electron chi connectivity index (χ4n) is 2.09. The number of nitrogen functional groups attached to an aromatic ring is 1. The lowest BCUT2D eigenvalue weighted by Gasteiger charge is -2.16. The summed E-state index contributed by atoms with van der Waals surface area (Å²) in [6.07, 6.45) is 0. The zero-order chi connectivity index (χ0) is 12.4. The highest BCUT2D eigenvalue weighted by Gasteiger charge is 2.14. The number of hydrogen-bond acceptors (Lipinski definition) is 2. The summed E-state index contributed by atoms with van der Waals surface area (Å²) >= 11 is 0. The van der Waals surface area contributed by atoms with Crippen molar-refractivity contribution >= 4 is 5.69 Å². The summed E-state index contributed by atoms with van der Waals surface area (Å²) in [5.74, 6) is 0.414. The average Bonchev–Trinajstić information content (AvgIpc) is 2.32. The van der Waals surface area contributed by atoms with Crippen LogP contribution < -0.4 is 5.73 Å². The van der Waals surface area contributed by atoms with Gasteiger partial charge in [0.05, 0.1) is 0 Å². The molecule has 3 N–H and O–H groups in total. The molecule has 0 aromatic heterocycles. The van der Waals surface area contributed by atoms with Crippen LogP contribution in [0.3, 0.4) is 0 Å². The molecular weight excluding hydrogens is 210 g/mol. The Morgan fingerprint density at radius 2 is 1.76 bits per heavy atom. The van der Waals surface area contributed by atoms with Crippen LogP contribution in [0, 0.1) is 6.92 Å². The smallest absolute Gasteiger partial charge is 0.119 e. The topological polar surface area (TPSA) is 46.2 Å². The van der Waals surface area contributed by atoms with Crippen LogP contribution in [0.25, 0.3) is 0 Å². The third-order valence-corrected chi connectivity index (χ3v) is 3.11. The molecule has 0 heterocycles. The van der Waals surface area contributed by atoms with Gasteiger partial charge >= 0.3 is 0 Å². The quantitative estimate of drug-likeness (QED) is 0.772. The maximum absolute atomic E-state index is 9.86. The molecule has 0 spiro atoms. The number of nitrogens with two attached hydrogens (primary N) is 1. The lowest BCUT2D eigenvalue weighted by atomic mass is 9.90. The first-order chi connectivity index (χ1) is 8.09. The predicted molar refractivity (Wildman–Crippen MR) is 71.2 cm³/mol. The molecule has 0 radical (unpaired) electrons. The Morgan fingerprint density at radius 1 is 1.06 bits per heavy atom. The van der Waals surface area contributed by atoms with Crippen molar-refractivity contribution in [3.8, 4) is 5.75 Å². The monoisotopic (exact) mass is 227 g/mol. The lowest BCUT2D eigenvalue weighted by Crippen LogP contribution is -2.01. The van der Waals surface area contributed by atoms with E-state index < -0.39 is 0 Å². The first-order valence-electron chi connectivity index (χ1n) is 5.73. The van der Waals surface area contributed by atoms with E-state index in [1.165, 1.54) is 5.56 Å². The maximum atomic E-state index is 9.86. The second-order valence-corrected chi connectivity index (χ2v) is 4.41. The van der Waals surface area contributed by atoms with Gasteiger partial charge in [-0.2, -0.15) is 0 Å². The van der Waals surface area contributed by atoms with Crippen LogP contribution in [0.2, 0.25) is 0 Å². The standard InChI is InChI=1S/C15H17NO/c1-10-7-8-14(16)13(9-10)11(2)12-5-3-4-6-15(12)17/h3-9,11,17H,16H2,1-2H3. The van der Waals surface area contributed by atoms with Crippen LogP contribution in [0.15, 0.2) is 42.5 Å². The lowest BCUT2D eigenvalue weighted by molar-refractivity contribution is 0.466. The first kappa shape index (κ1) is 11.5. The van der Waals surface area contributed by atoms with E-state index in [0.717, 1.165) is 16.8 Å². The largest absolute Gasteiger partial charge is 0.508 e. The van der Waals surface area contributed by atoms with Gasteiger partial charge < -0.3 is 10.8 Å². The van der Waals surface area contributed by atoms with E-state index in [0.29, 0.717) is 5.75 Å². The average molecular weight is 227 g/mol. The van der Waals surface area contributed by atoms with E-state index in [2.05, 4.69) is 13.0 Å². The number of anilines is 1. The Bertz CT molecular complexity index is 534. The molecule has 1 atom stereocenters. The van der Waals surface area contributed by atoms with Crippen LogP contribution in [0.5, 0.6) is 5.75 Å². The van der Waals surface area contributed by atoms with Gasteiger partial charge in [-0.3, -0.25) is 0 Å². The Labute approximate surface area is 102 Å². The summed E-state index contributed by atoms with van der Waals surface area (Å²) < 4.78 is 0. The van der Waals surface area contributed by atoms with E-state index in [1.54, 1.807) is 6.07 Å². The highest BCUT2D eigenvalue weighted by Crippen LogP contribution is 2.33. The highest BCUT2D eigenvalue weighted by atomic mass is 16.3. The van der Waals surface area contributed by atoms with Gasteiger partial charge in [0, 0.05) is 17.2 Å². The van der Waals surface area contributed by atoms with Crippen molar-refractivity contribution in [2.24, 2.45) is 0 Å². The summed E-state index contributed by atoms with van der Waals surface area (Å²) in [6.45, 7) is 4.10. The second kappa shape index (κ2) is 4.50. The van der Waals surface area contributed by atoms with Crippen molar-refractivity contribution in [1.29, 1.82) is 0 Å². The minimum absolute atomic E-state index is 0.0936. The second-order valence-electron chi connectivity index (χ2n) is 4.41. The molecule has 2 rings (SSSR count). The van der Waals surface area contributed by atoms with Crippen molar-refractivity contribution in [1.82, 2.24) is 0 Å². The van der Waals surface area contributed by atoms with Gasteiger partial charge in [0.15, 0.2) is 0 Å². The molecule has 2 aromatic rings. The third-order valence-electron chi connectivity index (χ3n) is 3.11. The number of para-hydroxylation sites is 1. The molecule has 2 aromatic carbocycles. The van der Waals surface area contributed by atoms with Gasteiger partial charge in [0.1, 0.15) is 5.75 Å². The fourth-order valence-corrected chi connectivity index (χ4v) is 2.09. The number of rotatable bonds is 2. The normalized spacial score (nSPS) is 12.4. The molecule has 0 aliphatic rings. The zero-order valence-electron chi connectivity index (χ0n) is 10.1. The van der Waals surface area contributed by atoms with Crippen molar-refractivity contribution in [3.63, 3.8) is 0 Å². The fraction of sp³-hybridized carbons (Fsp3) is 0.200. The van der Waals surface area contributed by atoms with Gasteiger partial charge in [-0.1, -0.05) is 42.8 Å². The molecule has 88 valence electrons. The summed E-state index contributed by atoms with van der Waals surface area (Å²) in [5.41, 5.74) is 9.91. The first-order valence-corrected chi connectivity index (χ1v) is 5.73. The molecule has 0 aliphatic carbocycles. The van der Waals surface area contributed by atoms with E-state index in [1.807, 2.05) is 37.3 Å². The zero-order valence-corrected chi connectivity index (χ0v) is 10.1.